The highest BCUT2D eigenvalue weighted by Crippen LogP contribution is 2.60. The number of nitrogens with zero attached hydrogens (tertiary/aromatic N) is 1. The topological polar surface area (TPSA) is 97.1 Å². The molecule has 3 saturated heterocycles. The van der Waals surface area contributed by atoms with Gasteiger partial charge in [0.05, 0.1) is 30.4 Å². The Bertz CT molecular complexity index is 844. The number of fused-ring (bicyclic) bond motifs is 2. The maximum Gasteiger partial charge on any atom is 0.310 e. The van der Waals surface area contributed by atoms with Crippen molar-refractivity contribution in [3.8, 4) is 0 Å². The maximum absolute atomic E-state index is 13.4. The molecule has 2 bridgehead atoms. The third-order valence-electron chi connectivity index (χ3n) is 6.63. The minimum Gasteiger partial charge on any atom is -0.481 e. The van der Waals surface area contributed by atoms with Crippen LogP contribution in [-0.4, -0.2) is 45.4 Å². The smallest absolute Gasteiger partial charge is 0.310 e. The second-order valence-corrected chi connectivity index (χ2v) is 7.77. The van der Waals surface area contributed by atoms with Crippen LogP contribution in [0.2, 0.25) is 0 Å². The predicted molar refractivity (Wildman–Crippen MR) is 86.8 cm³/mol. The molecule has 3 fully saturated rings. The minimum absolute atomic E-state index is 0.0368. The van der Waals surface area contributed by atoms with Gasteiger partial charge >= 0.3 is 5.97 Å². The predicted octanol–water partition coefficient (Wildman–Crippen LogP) is 1.41. The largest absolute Gasteiger partial charge is 0.481 e. The summed E-state index contributed by atoms with van der Waals surface area (Å²) in [6.45, 7) is 3.60. The van der Waals surface area contributed by atoms with Gasteiger partial charge in [0.15, 0.2) is 0 Å². The average molecular weight is 357 g/mol. The first-order valence-electron chi connectivity index (χ1n) is 8.88. The van der Waals surface area contributed by atoms with Crippen molar-refractivity contribution in [2.24, 2.45) is 23.7 Å². The number of amides is 1. The van der Waals surface area contributed by atoms with E-state index in [2.05, 4.69) is 0 Å². The van der Waals surface area contributed by atoms with Crippen molar-refractivity contribution < 1.29 is 28.6 Å². The second kappa shape index (κ2) is 4.85. The second-order valence-electron chi connectivity index (χ2n) is 7.77. The number of carboxylic acids is 1. The van der Waals surface area contributed by atoms with Crippen LogP contribution in [0.15, 0.2) is 35.0 Å². The van der Waals surface area contributed by atoms with Crippen LogP contribution in [0.3, 0.4) is 0 Å². The van der Waals surface area contributed by atoms with E-state index in [-0.39, 0.29) is 11.7 Å². The van der Waals surface area contributed by atoms with Gasteiger partial charge in [-0.15, -0.1) is 0 Å². The van der Waals surface area contributed by atoms with Crippen molar-refractivity contribution >= 4 is 17.7 Å². The number of ether oxygens (including phenoxy) is 1. The monoisotopic (exact) mass is 357 g/mol. The Kier molecular flexibility index (Phi) is 2.95. The molecule has 4 aliphatic rings. The van der Waals surface area contributed by atoms with E-state index in [1.165, 1.54) is 6.26 Å². The zero-order valence-corrected chi connectivity index (χ0v) is 14.4. The summed E-state index contributed by atoms with van der Waals surface area (Å²) < 4.78 is 11.6. The SMILES string of the molecule is C[C@H]1C(=O)[C@H](C)[C@H]2N(C(=O)[C@@H]3[C@@H](C(=O)O)[C@H]4C=C[C@]32O4)[C@H]1c1ccco1. The number of rotatable bonds is 2. The molecule has 7 heteroatoms. The number of carbonyl (C=O) groups excluding carboxylic acids is 2. The lowest BCUT2D eigenvalue weighted by atomic mass is 9.69. The third kappa shape index (κ3) is 1.60. The molecule has 1 spiro atoms. The number of piperidine rings is 1. The van der Waals surface area contributed by atoms with Gasteiger partial charge in [0, 0.05) is 11.8 Å². The van der Waals surface area contributed by atoms with Crippen LogP contribution in [0, 0.1) is 23.7 Å². The summed E-state index contributed by atoms with van der Waals surface area (Å²) in [5.41, 5.74) is -1.05. The van der Waals surface area contributed by atoms with E-state index >= 15 is 0 Å². The van der Waals surface area contributed by atoms with Crippen molar-refractivity contribution in [3.63, 3.8) is 0 Å². The molecule has 5 heterocycles. The van der Waals surface area contributed by atoms with Gasteiger partial charge in [-0.3, -0.25) is 14.4 Å². The third-order valence-corrected chi connectivity index (χ3v) is 6.63. The van der Waals surface area contributed by atoms with E-state index < -0.39 is 53.4 Å². The summed E-state index contributed by atoms with van der Waals surface area (Å²) in [4.78, 5) is 39.9. The molecule has 8 atom stereocenters. The van der Waals surface area contributed by atoms with Crippen LogP contribution >= 0.6 is 0 Å². The van der Waals surface area contributed by atoms with Crippen LogP contribution in [0.5, 0.6) is 0 Å². The van der Waals surface area contributed by atoms with Gasteiger partial charge in [0.1, 0.15) is 23.1 Å². The van der Waals surface area contributed by atoms with Gasteiger partial charge in [-0.1, -0.05) is 26.0 Å². The standard InChI is InChI=1S/C19H19NO6/c1-8-14(11-4-3-7-25-11)20-16(9(2)15(8)21)19-6-5-10(26-19)12(18(23)24)13(19)17(20)22/h3-10,12-14,16H,1-2H3,(H,23,24)/t8-,9+,10-,12+,13+,14-,16-,19+/m1/s1. The van der Waals surface area contributed by atoms with Gasteiger partial charge in [0.2, 0.25) is 5.91 Å². The van der Waals surface area contributed by atoms with Crippen molar-refractivity contribution in [3.05, 3.63) is 36.3 Å². The number of furan rings is 1. The molecule has 1 amide bonds. The number of aliphatic carboxylic acids is 1. The molecular formula is C19H19NO6. The van der Waals surface area contributed by atoms with Gasteiger partial charge in [-0.25, -0.2) is 0 Å². The Morgan fingerprint density at radius 3 is 2.69 bits per heavy atom. The van der Waals surface area contributed by atoms with Gasteiger partial charge in [-0.05, 0) is 12.1 Å². The van der Waals surface area contributed by atoms with Gasteiger partial charge < -0.3 is 19.2 Å². The highest BCUT2D eigenvalue weighted by molar-refractivity contribution is 5.96. The number of ketones is 1. The summed E-state index contributed by atoms with van der Waals surface area (Å²) >= 11 is 0. The molecule has 7 nitrogen and oxygen atoms in total. The molecule has 0 radical (unpaired) electrons. The number of hydrogen-bond acceptors (Lipinski definition) is 5. The number of hydrogen-bond donors (Lipinski definition) is 1. The number of Topliss-reactive ketones (excluding diaryl/α,β-unsaturated/α-hetero) is 1. The summed E-state index contributed by atoms with van der Waals surface area (Å²) in [6.07, 6.45) is 4.43. The molecule has 0 unspecified atom stereocenters. The lowest BCUT2D eigenvalue weighted by Crippen LogP contribution is -2.58. The lowest BCUT2D eigenvalue weighted by Gasteiger charge is -2.46. The zero-order chi connectivity index (χ0) is 18.4. The molecule has 1 aromatic rings. The Labute approximate surface area is 149 Å². The maximum atomic E-state index is 13.4. The molecule has 1 N–H and O–H groups in total. The highest BCUT2D eigenvalue weighted by atomic mass is 16.5. The quantitative estimate of drug-likeness (QED) is 0.804. The van der Waals surface area contributed by atoms with Crippen LogP contribution in [-0.2, 0) is 19.1 Å². The Morgan fingerprint density at radius 1 is 1.27 bits per heavy atom. The minimum atomic E-state index is -1.05. The summed E-state index contributed by atoms with van der Waals surface area (Å²) in [5, 5.41) is 9.68. The summed E-state index contributed by atoms with van der Waals surface area (Å²) in [7, 11) is 0. The van der Waals surface area contributed by atoms with Crippen molar-refractivity contribution in [1.82, 2.24) is 4.90 Å². The zero-order valence-electron chi connectivity index (χ0n) is 14.4. The fraction of sp³-hybridized carbons (Fsp3) is 0.526. The van der Waals surface area contributed by atoms with Crippen molar-refractivity contribution in [1.29, 1.82) is 0 Å². The molecule has 26 heavy (non-hydrogen) atoms. The molecule has 0 aliphatic carbocycles. The Balaban J connectivity index is 1.69. The fourth-order valence-corrected chi connectivity index (χ4v) is 5.65. The van der Waals surface area contributed by atoms with E-state index in [1.54, 1.807) is 37.0 Å². The molecule has 4 aliphatic heterocycles. The van der Waals surface area contributed by atoms with Crippen molar-refractivity contribution in [2.75, 3.05) is 0 Å². The first-order chi connectivity index (χ1) is 12.4. The normalized spacial score (nSPS) is 45.9. The molecular weight excluding hydrogens is 338 g/mol. The Hall–Kier alpha value is -2.41. The van der Waals surface area contributed by atoms with Crippen LogP contribution in [0.1, 0.15) is 25.6 Å². The fourth-order valence-electron chi connectivity index (χ4n) is 5.65. The molecule has 0 aromatic carbocycles. The van der Waals surface area contributed by atoms with Crippen LogP contribution in [0.25, 0.3) is 0 Å². The average Bonchev–Trinajstić information content (AvgIpc) is 3.35. The number of carbonyl (C=O) groups is 3. The van der Waals surface area contributed by atoms with E-state index in [0.717, 1.165) is 0 Å². The molecule has 1 aromatic heterocycles. The van der Waals surface area contributed by atoms with Crippen molar-refractivity contribution in [2.45, 2.75) is 37.6 Å². The van der Waals surface area contributed by atoms with E-state index in [1.807, 2.05) is 6.08 Å². The van der Waals surface area contributed by atoms with E-state index in [9.17, 15) is 19.5 Å². The van der Waals surface area contributed by atoms with Crippen LogP contribution in [0.4, 0.5) is 0 Å². The lowest BCUT2D eigenvalue weighted by molar-refractivity contribution is -0.156. The summed E-state index contributed by atoms with van der Waals surface area (Å²) in [5.74, 6) is -3.33. The van der Waals surface area contributed by atoms with E-state index in [0.29, 0.717) is 5.76 Å². The first kappa shape index (κ1) is 15.8. The molecule has 0 saturated carbocycles. The van der Waals surface area contributed by atoms with E-state index in [4.69, 9.17) is 9.15 Å². The molecule has 136 valence electrons. The van der Waals surface area contributed by atoms with Crippen LogP contribution < -0.4 is 0 Å². The van der Waals surface area contributed by atoms with Gasteiger partial charge in [-0.2, -0.15) is 0 Å². The number of carboxylic acid groups (broad SMARTS) is 1. The first-order valence-corrected chi connectivity index (χ1v) is 8.88. The Morgan fingerprint density at radius 2 is 2.04 bits per heavy atom. The van der Waals surface area contributed by atoms with Gasteiger partial charge in [0.25, 0.3) is 0 Å². The summed E-state index contributed by atoms with van der Waals surface area (Å²) in [6, 6.07) is 2.41. The molecule has 5 rings (SSSR count). The highest BCUT2D eigenvalue weighted by Gasteiger charge is 2.75.